The first kappa shape index (κ1) is 16.0. The van der Waals surface area contributed by atoms with E-state index < -0.39 is 0 Å². The molecular formula is C16H21NO3. The Kier molecular flexibility index (Phi) is 7.20. The molecule has 108 valence electrons. The van der Waals surface area contributed by atoms with Crippen LogP contribution in [0.2, 0.25) is 0 Å². The summed E-state index contributed by atoms with van der Waals surface area (Å²) in [6, 6.07) is 6.77. The van der Waals surface area contributed by atoms with Gasteiger partial charge in [-0.3, -0.25) is 4.79 Å². The van der Waals surface area contributed by atoms with Crippen molar-refractivity contribution in [2.24, 2.45) is 0 Å². The predicted octanol–water partition coefficient (Wildman–Crippen LogP) is 3.83. The van der Waals surface area contributed by atoms with E-state index in [4.69, 9.17) is 14.7 Å². The van der Waals surface area contributed by atoms with Crippen LogP contribution in [0.1, 0.15) is 51.0 Å². The minimum atomic E-state index is -0.260. The summed E-state index contributed by atoms with van der Waals surface area (Å²) in [5.41, 5.74) is 0.473. The number of benzene rings is 1. The van der Waals surface area contributed by atoms with Crippen LogP contribution >= 0.6 is 0 Å². The lowest BCUT2D eigenvalue weighted by Gasteiger charge is -2.09. The Bertz CT molecular complexity index is 477. The fourth-order valence-corrected chi connectivity index (χ4v) is 1.87. The lowest BCUT2D eigenvalue weighted by Crippen LogP contribution is -2.08. The monoisotopic (exact) mass is 275 g/mol. The van der Waals surface area contributed by atoms with E-state index in [1.807, 2.05) is 6.07 Å². The number of nitrogens with zero attached hydrogens (tertiary/aromatic N) is 1. The van der Waals surface area contributed by atoms with E-state index in [0.717, 1.165) is 19.3 Å². The van der Waals surface area contributed by atoms with E-state index in [-0.39, 0.29) is 5.97 Å². The van der Waals surface area contributed by atoms with E-state index >= 15 is 0 Å². The van der Waals surface area contributed by atoms with Gasteiger partial charge in [0.1, 0.15) is 0 Å². The number of methoxy groups -OCH3 is 1. The molecule has 0 amide bonds. The van der Waals surface area contributed by atoms with Gasteiger partial charge in [-0.2, -0.15) is 5.26 Å². The van der Waals surface area contributed by atoms with Crippen LogP contribution in [0.25, 0.3) is 0 Å². The van der Waals surface area contributed by atoms with Crippen molar-refractivity contribution in [1.29, 1.82) is 5.26 Å². The number of hydrogen-bond donors (Lipinski definition) is 0. The van der Waals surface area contributed by atoms with Crippen LogP contribution in [-0.2, 0) is 4.79 Å². The molecule has 0 aliphatic heterocycles. The normalized spacial score (nSPS) is 9.85. The van der Waals surface area contributed by atoms with Gasteiger partial charge in [-0.15, -0.1) is 0 Å². The van der Waals surface area contributed by atoms with Crippen LogP contribution in [0.15, 0.2) is 18.2 Å². The lowest BCUT2D eigenvalue weighted by atomic mass is 10.1. The average molecular weight is 275 g/mol. The van der Waals surface area contributed by atoms with E-state index in [1.165, 1.54) is 20.0 Å². The number of carbonyl (C=O) groups excluding carboxylic acids is 1. The highest BCUT2D eigenvalue weighted by Crippen LogP contribution is 2.28. The topological polar surface area (TPSA) is 59.3 Å². The number of nitriles is 1. The Morgan fingerprint density at radius 3 is 2.60 bits per heavy atom. The quantitative estimate of drug-likeness (QED) is 0.411. The van der Waals surface area contributed by atoms with E-state index in [0.29, 0.717) is 23.5 Å². The van der Waals surface area contributed by atoms with Crippen LogP contribution < -0.4 is 9.47 Å². The predicted molar refractivity (Wildman–Crippen MR) is 76.7 cm³/mol. The smallest absolute Gasteiger partial charge is 0.311 e. The molecule has 0 aromatic heterocycles. The van der Waals surface area contributed by atoms with E-state index in [9.17, 15) is 4.79 Å². The maximum absolute atomic E-state index is 11.7. The summed E-state index contributed by atoms with van der Waals surface area (Å²) in [4.78, 5) is 11.7. The standard InChI is InChI=1S/C16H21NO3/c1-3-4-5-6-7-8-16(18)20-14-10-9-13(12-17)11-15(14)19-2/h9-11H,3-8H2,1-2H3. The first-order valence-corrected chi connectivity index (χ1v) is 7.00. The van der Waals surface area contributed by atoms with Crippen molar-refractivity contribution in [2.75, 3.05) is 7.11 Å². The van der Waals surface area contributed by atoms with Gasteiger partial charge in [-0.05, 0) is 18.6 Å². The van der Waals surface area contributed by atoms with Crippen LogP contribution in [0.3, 0.4) is 0 Å². The number of unbranched alkanes of at least 4 members (excludes halogenated alkanes) is 4. The SMILES string of the molecule is CCCCCCCC(=O)Oc1ccc(C#N)cc1OC. The van der Waals surface area contributed by atoms with Crippen molar-refractivity contribution in [3.63, 3.8) is 0 Å². The summed E-state index contributed by atoms with van der Waals surface area (Å²) >= 11 is 0. The number of carbonyl (C=O) groups is 1. The summed E-state index contributed by atoms with van der Waals surface area (Å²) in [6.45, 7) is 2.16. The van der Waals surface area contributed by atoms with Gasteiger partial charge in [-0.25, -0.2) is 0 Å². The van der Waals surface area contributed by atoms with Crippen molar-refractivity contribution < 1.29 is 14.3 Å². The van der Waals surface area contributed by atoms with Crippen LogP contribution in [0.5, 0.6) is 11.5 Å². The summed E-state index contributed by atoms with van der Waals surface area (Å²) in [7, 11) is 1.48. The minimum absolute atomic E-state index is 0.260. The molecule has 1 aromatic rings. The molecule has 0 radical (unpaired) electrons. The third-order valence-corrected chi connectivity index (χ3v) is 3.00. The van der Waals surface area contributed by atoms with Gasteiger partial charge in [0.25, 0.3) is 0 Å². The molecule has 1 rings (SSSR count). The highest BCUT2D eigenvalue weighted by Gasteiger charge is 2.10. The molecule has 4 nitrogen and oxygen atoms in total. The van der Waals surface area contributed by atoms with Gasteiger partial charge >= 0.3 is 5.97 Å². The summed E-state index contributed by atoms with van der Waals surface area (Å²) < 4.78 is 10.4. The minimum Gasteiger partial charge on any atom is -0.493 e. The maximum atomic E-state index is 11.7. The highest BCUT2D eigenvalue weighted by atomic mass is 16.6. The van der Waals surface area contributed by atoms with Gasteiger partial charge in [0.05, 0.1) is 18.7 Å². The van der Waals surface area contributed by atoms with Crippen LogP contribution in [0, 0.1) is 11.3 Å². The van der Waals surface area contributed by atoms with Crippen molar-refractivity contribution in [1.82, 2.24) is 0 Å². The molecule has 0 bridgehead atoms. The van der Waals surface area contributed by atoms with Gasteiger partial charge < -0.3 is 9.47 Å². The zero-order valence-electron chi connectivity index (χ0n) is 12.1. The Balaban J connectivity index is 2.47. The molecule has 0 aliphatic carbocycles. The Morgan fingerprint density at radius 1 is 1.20 bits per heavy atom. The fourth-order valence-electron chi connectivity index (χ4n) is 1.87. The first-order valence-electron chi connectivity index (χ1n) is 7.00. The largest absolute Gasteiger partial charge is 0.493 e. The Morgan fingerprint density at radius 2 is 1.95 bits per heavy atom. The second-order valence-corrected chi connectivity index (χ2v) is 4.62. The molecule has 0 heterocycles. The molecular weight excluding hydrogens is 254 g/mol. The van der Waals surface area contributed by atoms with Crippen molar-refractivity contribution >= 4 is 5.97 Å². The molecule has 0 saturated heterocycles. The average Bonchev–Trinajstić information content (AvgIpc) is 2.47. The summed E-state index contributed by atoms with van der Waals surface area (Å²) in [6.07, 6.45) is 5.85. The van der Waals surface area contributed by atoms with Gasteiger partial charge in [0.15, 0.2) is 11.5 Å². The highest BCUT2D eigenvalue weighted by molar-refractivity contribution is 5.73. The molecule has 0 spiro atoms. The molecule has 4 heteroatoms. The fraction of sp³-hybridized carbons (Fsp3) is 0.500. The number of esters is 1. The zero-order chi connectivity index (χ0) is 14.8. The maximum Gasteiger partial charge on any atom is 0.311 e. The molecule has 0 aliphatic rings. The zero-order valence-corrected chi connectivity index (χ0v) is 12.1. The van der Waals surface area contributed by atoms with Gasteiger partial charge in [0.2, 0.25) is 0 Å². The first-order chi connectivity index (χ1) is 9.71. The third-order valence-electron chi connectivity index (χ3n) is 3.00. The number of ether oxygens (including phenoxy) is 2. The second-order valence-electron chi connectivity index (χ2n) is 4.62. The summed E-state index contributed by atoms with van der Waals surface area (Å²) in [5, 5.41) is 8.80. The molecule has 0 unspecified atom stereocenters. The van der Waals surface area contributed by atoms with Crippen molar-refractivity contribution in [2.45, 2.75) is 45.4 Å². The van der Waals surface area contributed by atoms with Crippen molar-refractivity contribution in [3.8, 4) is 17.6 Å². The molecule has 20 heavy (non-hydrogen) atoms. The van der Waals surface area contributed by atoms with Gasteiger partial charge in [0, 0.05) is 12.5 Å². The van der Waals surface area contributed by atoms with Crippen LogP contribution in [-0.4, -0.2) is 13.1 Å². The van der Waals surface area contributed by atoms with Gasteiger partial charge in [-0.1, -0.05) is 32.6 Å². The van der Waals surface area contributed by atoms with E-state index in [2.05, 4.69) is 6.92 Å². The number of hydrogen-bond acceptors (Lipinski definition) is 4. The molecule has 0 N–H and O–H groups in total. The molecule has 1 aromatic carbocycles. The lowest BCUT2D eigenvalue weighted by molar-refractivity contribution is -0.134. The number of rotatable bonds is 8. The molecule has 0 fully saturated rings. The Labute approximate surface area is 120 Å². The molecule has 0 atom stereocenters. The van der Waals surface area contributed by atoms with Crippen LogP contribution in [0.4, 0.5) is 0 Å². The second kappa shape index (κ2) is 8.98. The third kappa shape index (κ3) is 5.31. The van der Waals surface area contributed by atoms with Crippen molar-refractivity contribution in [3.05, 3.63) is 23.8 Å². The molecule has 0 saturated carbocycles. The Hall–Kier alpha value is -2.02. The van der Waals surface area contributed by atoms with E-state index in [1.54, 1.807) is 18.2 Å². The summed E-state index contributed by atoms with van der Waals surface area (Å²) in [5.74, 6) is 0.512.